The normalized spacial score (nSPS) is 43.8. The molecule has 0 heterocycles. The van der Waals surface area contributed by atoms with Crippen LogP contribution in [-0.2, 0) is 4.74 Å². The summed E-state index contributed by atoms with van der Waals surface area (Å²) in [6.45, 7) is 2.31. The van der Waals surface area contributed by atoms with E-state index in [0.29, 0.717) is 0 Å². The lowest BCUT2D eigenvalue weighted by Crippen LogP contribution is -2.46. The van der Waals surface area contributed by atoms with Gasteiger partial charge in [0.15, 0.2) is 0 Å². The number of halogens is 5. The first kappa shape index (κ1) is 22.9. The topological polar surface area (TPSA) is 40.7 Å². The fraction of sp³-hybridized carbons (Fsp3) is 1.00. The molecule has 0 saturated heterocycles. The molecular weight excluding hydrogens is 367 g/mol. The van der Waals surface area contributed by atoms with Gasteiger partial charge in [-0.15, -0.1) is 13.2 Å². The summed E-state index contributed by atoms with van der Waals surface area (Å²) in [6.07, 6.45) is -1.37. The van der Waals surface area contributed by atoms with Crippen molar-refractivity contribution in [3.8, 4) is 0 Å². The number of alkyl halides is 5. The number of rotatable bonds is 3. The highest BCUT2D eigenvalue weighted by Crippen LogP contribution is 2.46. The molecule has 27 heavy (non-hydrogen) atoms. The van der Waals surface area contributed by atoms with Crippen molar-refractivity contribution in [2.75, 3.05) is 0 Å². The van der Waals surface area contributed by atoms with Crippen molar-refractivity contribution in [2.45, 2.75) is 95.9 Å². The highest BCUT2D eigenvalue weighted by atomic mass is 19.4. The Kier molecular flexibility index (Phi) is 7.94. The van der Waals surface area contributed by atoms with Gasteiger partial charge < -0.3 is 5.48 Å². The number of ether oxygens (including phenoxy) is 1. The Hall–Kier alpha value is -0.430. The molecule has 0 aliphatic heterocycles. The minimum Gasteiger partial charge on any atom is -0.412 e. The molecule has 0 bridgehead atoms. The van der Waals surface area contributed by atoms with Gasteiger partial charge in [0.05, 0.1) is 0 Å². The minimum atomic E-state index is -4.98. The standard InChI is InChI=1S/C20H31F5O.H2O.2H2/c1-12-2-4-13(5-3-12)14-6-8-15(9-7-14)16-10-17(21)19(18(22)11-16)26-20(23,24)25;;;/h12-19H,2-11H2,1H3;1H2;2*1H. The molecular formula is C20H37F5O2. The predicted octanol–water partition coefficient (Wildman–Crippen LogP) is 6.28. The number of hydrogen-bond donors (Lipinski definition) is 0. The Balaban J connectivity index is 0.00000261. The van der Waals surface area contributed by atoms with Gasteiger partial charge in [-0.1, -0.05) is 19.8 Å². The van der Waals surface area contributed by atoms with Crippen LogP contribution in [-0.4, -0.2) is 30.3 Å². The molecule has 0 radical (unpaired) electrons. The van der Waals surface area contributed by atoms with E-state index in [1.807, 2.05) is 0 Å². The van der Waals surface area contributed by atoms with E-state index in [0.717, 1.165) is 43.4 Å². The Labute approximate surface area is 161 Å². The summed E-state index contributed by atoms with van der Waals surface area (Å²) in [6, 6.07) is 0. The van der Waals surface area contributed by atoms with Gasteiger partial charge >= 0.3 is 6.36 Å². The van der Waals surface area contributed by atoms with E-state index >= 15 is 0 Å². The summed E-state index contributed by atoms with van der Waals surface area (Å²) in [7, 11) is 0. The Morgan fingerprint density at radius 3 is 1.48 bits per heavy atom. The van der Waals surface area contributed by atoms with E-state index in [9.17, 15) is 22.0 Å². The van der Waals surface area contributed by atoms with Gasteiger partial charge in [-0.2, -0.15) is 0 Å². The maximum absolute atomic E-state index is 14.2. The molecule has 2 atom stereocenters. The molecule has 7 heteroatoms. The lowest BCUT2D eigenvalue weighted by atomic mass is 9.65. The average Bonchev–Trinajstić information content (AvgIpc) is 2.58. The largest absolute Gasteiger partial charge is 0.522 e. The Morgan fingerprint density at radius 2 is 1.07 bits per heavy atom. The summed E-state index contributed by atoms with van der Waals surface area (Å²) in [4.78, 5) is 0. The van der Waals surface area contributed by atoms with Gasteiger partial charge in [0.2, 0.25) is 0 Å². The Morgan fingerprint density at radius 1 is 0.704 bits per heavy atom. The van der Waals surface area contributed by atoms with Crippen molar-refractivity contribution in [3.63, 3.8) is 0 Å². The van der Waals surface area contributed by atoms with Crippen molar-refractivity contribution < 1.29 is 35.0 Å². The molecule has 0 amide bonds. The fourth-order valence-corrected chi connectivity index (χ4v) is 5.70. The van der Waals surface area contributed by atoms with Crippen LogP contribution in [0.25, 0.3) is 0 Å². The van der Waals surface area contributed by atoms with E-state index in [-0.39, 0.29) is 33.0 Å². The quantitative estimate of drug-likeness (QED) is 0.511. The average molecular weight is 405 g/mol. The molecule has 0 aromatic carbocycles. The van der Waals surface area contributed by atoms with Crippen LogP contribution in [0.4, 0.5) is 22.0 Å². The maximum atomic E-state index is 14.2. The van der Waals surface area contributed by atoms with Crippen molar-refractivity contribution >= 4 is 0 Å². The van der Waals surface area contributed by atoms with Crippen LogP contribution >= 0.6 is 0 Å². The molecule has 164 valence electrons. The van der Waals surface area contributed by atoms with Crippen LogP contribution in [0.5, 0.6) is 0 Å². The number of hydrogen-bond acceptors (Lipinski definition) is 1. The highest BCUT2D eigenvalue weighted by Gasteiger charge is 2.47. The van der Waals surface area contributed by atoms with Crippen LogP contribution in [0.1, 0.15) is 74.0 Å². The summed E-state index contributed by atoms with van der Waals surface area (Å²) < 4.78 is 69.0. The molecule has 2 N–H and O–H groups in total. The lowest BCUT2D eigenvalue weighted by Gasteiger charge is -2.42. The zero-order valence-electron chi connectivity index (χ0n) is 16.0. The smallest absolute Gasteiger partial charge is 0.412 e. The zero-order valence-corrected chi connectivity index (χ0v) is 16.0. The van der Waals surface area contributed by atoms with E-state index in [4.69, 9.17) is 0 Å². The first-order valence-corrected chi connectivity index (χ1v) is 10.3. The first-order chi connectivity index (χ1) is 12.2. The van der Waals surface area contributed by atoms with E-state index in [1.54, 1.807) is 0 Å². The second-order valence-corrected chi connectivity index (χ2v) is 8.99. The molecule has 0 spiro atoms. The van der Waals surface area contributed by atoms with Crippen molar-refractivity contribution in [2.24, 2.45) is 29.6 Å². The Bertz CT molecular complexity index is 441. The zero-order chi connectivity index (χ0) is 18.9. The third kappa shape index (κ3) is 6.02. The van der Waals surface area contributed by atoms with E-state index in [2.05, 4.69) is 11.7 Å². The highest BCUT2D eigenvalue weighted by molar-refractivity contribution is 4.92. The molecule has 3 aliphatic rings. The van der Waals surface area contributed by atoms with Crippen molar-refractivity contribution in [1.82, 2.24) is 0 Å². The van der Waals surface area contributed by atoms with E-state index < -0.39 is 24.8 Å². The third-order valence-electron chi connectivity index (χ3n) is 7.25. The maximum Gasteiger partial charge on any atom is 0.522 e. The fourth-order valence-electron chi connectivity index (χ4n) is 5.70. The molecule has 3 fully saturated rings. The minimum absolute atomic E-state index is 0. The molecule has 3 rings (SSSR count). The monoisotopic (exact) mass is 404 g/mol. The lowest BCUT2D eigenvalue weighted by molar-refractivity contribution is -0.358. The SMILES string of the molecule is CC1CCC(C2CCC(C3CC(F)C(OC(F)(F)F)C(F)C3)CC2)CC1.O.[HH].[HH]. The molecule has 2 nitrogen and oxygen atoms in total. The van der Waals surface area contributed by atoms with Gasteiger partial charge in [0.1, 0.15) is 18.4 Å². The van der Waals surface area contributed by atoms with Gasteiger partial charge in [0, 0.05) is 2.85 Å². The van der Waals surface area contributed by atoms with Gasteiger partial charge in [0.25, 0.3) is 0 Å². The molecule has 2 unspecified atom stereocenters. The molecule has 0 aromatic rings. The van der Waals surface area contributed by atoms with Crippen LogP contribution in [0, 0.1) is 29.6 Å². The molecule has 3 saturated carbocycles. The summed E-state index contributed by atoms with van der Waals surface area (Å²) in [5.41, 5.74) is 0. The second-order valence-electron chi connectivity index (χ2n) is 8.99. The predicted molar refractivity (Wildman–Crippen MR) is 97.9 cm³/mol. The van der Waals surface area contributed by atoms with Gasteiger partial charge in [-0.3, -0.25) is 4.74 Å². The van der Waals surface area contributed by atoms with Crippen molar-refractivity contribution in [1.29, 1.82) is 0 Å². The van der Waals surface area contributed by atoms with E-state index in [1.165, 1.54) is 25.7 Å². The summed E-state index contributed by atoms with van der Waals surface area (Å²) in [5.74, 6) is 2.45. The second kappa shape index (κ2) is 9.38. The van der Waals surface area contributed by atoms with Gasteiger partial charge in [-0.25, -0.2) is 8.78 Å². The van der Waals surface area contributed by atoms with Crippen LogP contribution in [0.15, 0.2) is 0 Å². The van der Waals surface area contributed by atoms with Crippen LogP contribution in [0.3, 0.4) is 0 Å². The summed E-state index contributed by atoms with van der Waals surface area (Å²) in [5, 5.41) is 0. The molecule has 0 aromatic heterocycles. The summed E-state index contributed by atoms with van der Waals surface area (Å²) >= 11 is 0. The van der Waals surface area contributed by atoms with Crippen LogP contribution in [0.2, 0.25) is 0 Å². The van der Waals surface area contributed by atoms with Gasteiger partial charge in [-0.05, 0) is 81.0 Å². The first-order valence-electron chi connectivity index (χ1n) is 10.3. The van der Waals surface area contributed by atoms with Crippen LogP contribution < -0.4 is 0 Å². The third-order valence-corrected chi connectivity index (χ3v) is 7.25. The van der Waals surface area contributed by atoms with Crippen molar-refractivity contribution in [3.05, 3.63) is 0 Å². The molecule has 3 aliphatic carbocycles.